The summed E-state index contributed by atoms with van der Waals surface area (Å²) in [6, 6.07) is 10.9. The summed E-state index contributed by atoms with van der Waals surface area (Å²) in [5.74, 6) is -3.16. The molecule has 0 aliphatic carbocycles. The number of anilines is 1. The quantitative estimate of drug-likeness (QED) is 0.369. The first-order chi connectivity index (χ1) is 18.5. The fourth-order valence-corrected chi connectivity index (χ4v) is 5.88. The number of likely N-dealkylation sites (tertiary alicyclic amines) is 1. The van der Waals surface area contributed by atoms with Crippen molar-refractivity contribution in [3.05, 3.63) is 69.8 Å². The Hall–Kier alpha value is -3.53. The van der Waals surface area contributed by atoms with Crippen molar-refractivity contribution in [3.63, 3.8) is 0 Å². The van der Waals surface area contributed by atoms with E-state index in [0.717, 1.165) is 21.6 Å². The minimum atomic E-state index is -1.22. The zero-order valence-electron chi connectivity index (χ0n) is 21.8. The van der Waals surface area contributed by atoms with Crippen molar-refractivity contribution >= 4 is 29.3 Å². The number of thiazole rings is 1. The molecule has 2 aliphatic heterocycles. The van der Waals surface area contributed by atoms with Gasteiger partial charge in [-0.2, -0.15) is 9.59 Å². The lowest BCUT2D eigenvalue weighted by Gasteiger charge is -2.37. The van der Waals surface area contributed by atoms with E-state index >= 15 is 0 Å². The standard InChI is InChI=1S/C27H28F3N3O2S.CO2/c1-26(2,3)24-31-23(18-13-20(29)21(30)14-19(18)28)22(36-24)15-32-11-9-27(10-12-32)16-33(25(34)35-27)17-7-5-4-6-8-17;2-1-3/h4-8,13-14H,9-12,15-16H2,1-3H3;. The molecule has 0 radical (unpaired) electrons. The molecule has 11 heteroatoms. The highest BCUT2D eigenvalue weighted by molar-refractivity contribution is 7.12. The van der Waals surface area contributed by atoms with Gasteiger partial charge in [-0.15, -0.1) is 11.3 Å². The first-order valence-electron chi connectivity index (χ1n) is 12.4. The van der Waals surface area contributed by atoms with E-state index in [2.05, 4.69) is 9.88 Å². The van der Waals surface area contributed by atoms with Gasteiger partial charge in [-0.05, 0) is 18.2 Å². The van der Waals surface area contributed by atoms with Crippen molar-refractivity contribution < 1.29 is 32.3 Å². The molecule has 1 amide bonds. The third kappa shape index (κ3) is 6.21. The maximum atomic E-state index is 14.7. The molecule has 1 spiro atoms. The molecule has 1 aromatic heterocycles. The summed E-state index contributed by atoms with van der Waals surface area (Å²) >= 11 is 1.47. The van der Waals surface area contributed by atoms with Crippen LogP contribution in [0.3, 0.4) is 0 Å². The van der Waals surface area contributed by atoms with Crippen molar-refractivity contribution in [3.8, 4) is 11.3 Å². The number of carbonyl (C=O) groups is 1. The predicted molar refractivity (Wildman–Crippen MR) is 139 cm³/mol. The second-order valence-corrected chi connectivity index (χ2v) is 11.7. The highest BCUT2D eigenvalue weighted by Crippen LogP contribution is 2.39. The van der Waals surface area contributed by atoms with Crippen molar-refractivity contribution in [2.24, 2.45) is 0 Å². The molecule has 2 aromatic carbocycles. The van der Waals surface area contributed by atoms with Crippen LogP contribution in [-0.4, -0.2) is 47.4 Å². The molecule has 0 atom stereocenters. The van der Waals surface area contributed by atoms with Gasteiger partial charge in [0, 0.05) is 60.1 Å². The van der Waals surface area contributed by atoms with Crippen LogP contribution in [-0.2, 0) is 26.3 Å². The number of amides is 1. The van der Waals surface area contributed by atoms with Gasteiger partial charge in [-0.25, -0.2) is 22.9 Å². The Balaban J connectivity index is 0.00000112. The summed E-state index contributed by atoms with van der Waals surface area (Å²) in [5.41, 5.74) is 0.316. The minimum absolute atomic E-state index is 0.0349. The van der Waals surface area contributed by atoms with Crippen LogP contribution < -0.4 is 4.90 Å². The number of halogens is 3. The number of nitrogens with zero attached hydrogens (tertiary/aromatic N) is 3. The lowest BCUT2D eigenvalue weighted by molar-refractivity contribution is -0.191. The van der Waals surface area contributed by atoms with Gasteiger partial charge < -0.3 is 4.74 Å². The number of hydrogen-bond acceptors (Lipinski definition) is 7. The van der Waals surface area contributed by atoms with Gasteiger partial charge in [0.1, 0.15) is 11.4 Å². The van der Waals surface area contributed by atoms with Crippen LogP contribution in [0.25, 0.3) is 11.3 Å². The normalized spacial score (nSPS) is 17.0. The third-order valence-electron chi connectivity index (χ3n) is 6.78. The van der Waals surface area contributed by atoms with E-state index in [1.807, 2.05) is 51.1 Å². The molecule has 2 aliphatic rings. The molecule has 0 unspecified atom stereocenters. The largest absolute Gasteiger partial charge is 0.441 e. The van der Waals surface area contributed by atoms with Crippen LogP contribution in [0, 0.1) is 17.5 Å². The molecule has 2 fully saturated rings. The Labute approximate surface area is 228 Å². The molecule has 3 heterocycles. The summed E-state index contributed by atoms with van der Waals surface area (Å²) in [5, 5.41) is 0.799. The summed E-state index contributed by atoms with van der Waals surface area (Å²) < 4.78 is 48.1. The summed E-state index contributed by atoms with van der Waals surface area (Å²) in [6.07, 6.45) is 1.26. The summed E-state index contributed by atoms with van der Waals surface area (Å²) in [4.78, 5) is 38.2. The second kappa shape index (κ2) is 11.3. The van der Waals surface area contributed by atoms with Crippen LogP contribution in [0.2, 0.25) is 0 Å². The summed E-state index contributed by atoms with van der Waals surface area (Å²) in [6.45, 7) is 8.39. The first-order valence-corrected chi connectivity index (χ1v) is 13.2. The van der Waals surface area contributed by atoms with E-state index < -0.39 is 23.1 Å². The topological polar surface area (TPSA) is 79.8 Å². The zero-order chi connectivity index (χ0) is 28.4. The molecule has 39 heavy (non-hydrogen) atoms. The molecule has 7 nitrogen and oxygen atoms in total. The molecule has 0 saturated carbocycles. The molecule has 5 rings (SSSR count). The van der Waals surface area contributed by atoms with Crippen LogP contribution in [0.4, 0.5) is 23.7 Å². The van der Waals surface area contributed by atoms with Gasteiger partial charge in [-0.1, -0.05) is 39.0 Å². The van der Waals surface area contributed by atoms with E-state index in [9.17, 15) is 18.0 Å². The molecular formula is C28H28F3N3O4S. The van der Waals surface area contributed by atoms with E-state index in [0.29, 0.717) is 50.8 Å². The number of ether oxygens (including phenoxy) is 1. The monoisotopic (exact) mass is 559 g/mol. The number of carbonyl (C=O) groups excluding carboxylic acids is 3. The Kier molecular flexibility index (Phi) is 8.25. The maximum absolute atomic E-state index is 14.7. The zero-order valence-corrected chi connectivity index (χ0v) is 22.6. The molecule has 2 saturated heterocycles. The number of aromatic nitrogens is 1. The fraction of sp³-hybridized carbons (Fsp3) is 0.393. The maximum Gasteiger partial charge on any atom is 0.415 e. The van der Waals surface area contributed by atoms with Crippen LogP contribution in [0.5, 0.6) is 0 Å². The second-order valence-electron chi connectivity index (χ2n) is 10.6. The Morgan fingerprint density at radius 3 is 2.26 bits per heavy atom. The van der Waals surface area contributed by atoms with Gasteiger partial charge in [0.25, 0.3) is 0 Å². The number of piperidine rings is 1. The van der Waals surface area contributed by atoms with E-state index in [1.54, 1.807) is 4.90 Å². The SMILES string of the molecule is CC(C)(C)c1nc(-c2cc(F)c(F)cc2F)c(CN2CCC3(CC2)CN(c2ccccc2)C(=O)O3)s1.O=C=O. The van der Waals surface area contributed by atoms with Gasteiger partial charge in [0.15, 0.2) is 11.6 Å². The number of benzene rings is 2. The predicted octanol–water partition coefficient (Wildman–Crippen LogP) is 5.93. The Morgan fingerprint density at radius 1 is 1.03 bits per heavy atom. The average molecular weight is 560 g/mol. The lowest BCUT2D eigenvalue weighted by Crippen LogP contribution is -2.46. The van der Waals surface area contributed by atoms with Crippen molar-refractivity contribution in [1.82, 2.24) is 9.88 Å². The van der Waals surface area contributed by atoms with E-state index in [-0.39, 0.29) is 23.2 Å². The van der Waals surface area contributed by atoms with Crippen molar-refractivity contribution in [1.29, 1.82) is 0 Å². The Bertz CT molecular complexity index is 1380. The minimum Gasteiger partial charge on any atom is -0.441 e. The van der Waals surface area contributed by atoms with Crippen LogP contribution in [0.1, 0.15) is 43.5 Å². The van der Waals surface area contributed by atoms with Gasteiger partial charge in [0.2, 0.25) is 0 Å². The fourth-order valence-electron chi connectivity index (χ4n) is 4.71. The molecule has 0 bridgehead atoms. The van der Waals surface area contributed by atoms with Gasteiger partial charge >= 0.3 is 12.2 Å². The van der Waals surface area contributed by atoms with Crippen LogP contribution in [0.15, 0.2) is 42.5 Å². The number of hydrogen-bond donors (Lipinski definition) is 0. The van der Waals surface area contributed by atoms with Gasteiger partial charge in [-0.3, -0.25) is 9.80 Å². The number of para-hydroxylation sites is 1. The van der Waals surface area contributed by atoms with E-state index in [1.165, 1.54) is 11.3 Å². The Morgan fingerprint density at radius 2 is 1.64 bits per heavy atom. The van der Waals surface area contributed by atoms with Crippen molar-refractivity contribution in [2.45, 2.75) is 51.2 Å². The first kappa shape index (κ1) is 28.5. The molecule has 0 N–H and O–H groups in total. The van der Waals surface area contributed by atoms with Gasteiger partial charge in [0.05, 0.1) is 17.2 Å². The number of rotatable bonds is 4. The van der Waals surface area contributed by atoms with E-state index in [4.69, 9.17) is 14.3 Å². The smallest absolute Gasteiger partial charge is 0.415 e. The molecule has 206 valence electrons. The highest BCUT2D eigenvalue weighted by atomic mass is 32.1. The molecule has 3 aromatic rings. The molecular weight excluding hydrogens is 531 g/mol. The average Bonchev–Trinajstić information content (AvgIpc) is 3.45. The lowest BCUT2D eigenvalue weighted by atomic mass is 9.91. The highest BCUT2D eigenvalue weighted by Gasteiger charge is 2.47. The third-order valence-corrected chi connectivity index (χ3v) is 8.24. The van der Waals surface area contributed by atoms with Crippen LogP contribution >= 0.6 is 11.3 Å². The summed E-state index contributed by atoms with van der Waals surface area (Å²) in [7, 11) is 0. The van der Waals surface area contributed by atoms with Crippen molar-refractivity contribution in [2.75, 3.05) is 24.5 Å².